The van der Waals surface area contributed by atoms with E-state index in [1.165, 1.54) is 6.21 Å². The van der Waals surface area contributed by atoms with Gasteiger partial charge < -0.3 is 5.32 Å². The van der Waals surface area contributed by atoms with Crippen molar-refractivity contribution in [2.45, 2.75) is 19.9 Å². The van der Waals surface area contributed by atoms with E-state index in [-0.39, 0.29) is 11.8 Å². The van der Waals surface area contributed by atoms with Gasteiger partial charge in [0.25, 0.3) is 11.8 Å². The zero-order valence-electron chi connectivity index (χ0n) is 14.4. The van der Waals surface area contributed by atoms with Crippen molar-refractivity contribution < 1.29 is 9.59 Å². The molecule has 2 aromatic carbocycles. The smallest absolute Gasteiger partial charge is 0.262 e. The molecule has 7 heteroatoms. The summed E-state index contributed by atoms with van der Waals surface area (Å²) in [6.07, 6.45) is 1.51. The number of nitrogens with zero attached hydrogens (tertiary/aromatic N) is 1. The summed E-state index contributed by atoms with van der Waals surface area (Å²) >= 11 is 11.6. The Labute approximate surface area is 162 Å². The third-order valence-corrected chi connectivity index (χ3v) is 4.10. The van der Waals surface area contributed by atoms with Gasteiger partial charge in [-0.3, -0.25) is 9.59 Å². The largest absolute Gasteiger partial charge is 0.340 e. The van der Waals surface area contributed by atoms with E-state index in [2.05, 4.69) is 15.8 Å². The lowest BCUT2D eigenvalue weighted by Gasteiger charge is -2.20. The molecule has 1 atom stereocenters. The van der Waals surface area contributed by atoms with Crippen LogP contribution in [0.2, 0.25) is 10.0 Å². The first-order valence-corrected chi connectivity index (χ1v) is 8.77. The summed E-state index contributed by atoms with van der Waals surface area (Å²) in [5, 5.41) is 7.81. The fraction of sp³-hybridized carbons (Fsp3) is 0.211. The maximum atomic E-state index is 12.4. The van der Waals surface area contributed by atoms with Gasteiger partial charge in [0.05, 0.1) is 6.21 Å². The van der Waals surface area contributed by atoms with Crippen molar-refractivity contribution in [3.05, 3.63) is 69.7 Å². The Balaban J connectivity index is 1.99. The van der Waals surface area contributed by atoms with Crippen LogP contribution in [0.25, 0.3) is 0 Å². The van der Waals surface area contributed by atoms with Crippen molar-refractivity contribution in [2.24, 2.45) is 11.0 Å². The Morgan fingerprint density at radius 2 is 1.50 bits per heavy atom. The van der Waals surface area contributed by atoms with Crippen LogP contribution in [-0.2, 0) is 4.79 Å². The number of hydrogen-bond acceptors (Lipinski definition) is 3. The van der Waals surface area contributed by atoms with Gasteiger partial charge in [-0.1, -0.05) is 49.2 Å². The summed E-state index contributed by atoms with van der Waals surface area (Å²) in [5.41, 5.74) is 3.68. The van der Waals surface area contributed by atoms with Gasteiger partial charge in [-0.25, -0.2) is 5.43 Å². The second kappa shape index (κ2) is 9.36. The summed E-state index contributed by atoms with van der Waals surface area (Å²) < 4.78 is 0. The van der Waals surface area contributed by atoms with Crippen LogP contribution in [0.4, 0.5) is 0 Å². The monoisotopic (exact) mass is 391 g/mol. The van der Waals surface area contributed by atoms with E-state index < -0.39 is 11.9 Å². The molecule has 2 rings (SSSR count). The Hall–Kier alpha value is -2.37. The van der Waals surface area contributed by atoms with Gasteiger partial charge >= 0.3 is 0 Å². The van der Waals surface area contributed by atoms with Crippen LogP contribution in [0.5, 0.6) is 0 Å². The summed E-state index contributed by atoms with van der Waals surface area (Å²) in [6, 6.07) is 12.7. The van der Waals surface area contributed by atoms with Crippen LogP contribution in [0.15, 0.2) is 53.6 Å². The molecule has 0 fully saturated rings. The minimum absolute atomic E-state index is 0.114. The van der Waals surface area contributed by atoms with Crippen LogP contribution in [0.1, 0.15) is 29.8 Å². The molecule has 0 aliphatic heterocycles. The van der Waals surface area contributed by atoms with Gasteiger partial charge in [0, 0.05) is 15.6 Å². The molecule has 0 heterocycles. The molecule has 26 heavy (non-hydrogen) atoms. The Kier molecular flexibility index (Phi) is 7.18. The number of hydrazone groups is 1. The van der Waals surface area contributed by atoms with E-state index >= 15 is 0 Å². The number of hydrogen-bond donors (Lipinski definition) is 2. The Bertz CT molecular complexity index is 787. The van der Waals surface area contributed by atoms with Gasteiger partial charge in [0.2, 0.25) is 0 Å². The maximum Gasteiger partial charge on any atom is 0.262 e. The third-order valence-electron chi connectivity index (χ3n) is 3.60. The fourth-order valence-corrected chi connectivity index (χ4v) is 2.40. The first-order chi connectivity index (χ1) is 12.4. The molecule has 0 aliphatic rings. The molecule has 136 valence electrons. The average Bonchev–Trinajstić information content (AvgIpc) is 2.61. The molecule has 0 saturated heterocycles. The van der Waals surface area contributed by atoms with Crippen molar-refractivity contribution in [1.29, 1.82) is 0 Å². The number of benzene rings is 2. The molecule has 2 N–H and O–H groups in total. The highest BCUT2D eigenvalue weighted by molar-refractivity contribution is 6.31. The molecule has 0 aromatic heterocycles. The molecule has 0 saturated carbocycles. The number of carbonyl (C=O) groups is 2. The molecule has 0 radical (unpaired) electrons. The van der Waals surface area contributed by atoms with Crippen molar-refractivity contribution in [3.8, 4) is 0 Å². The van der Waals surface area contributed by atoms with Crippen LogP contribution < -0.4 is 10.7 Å². The van der Waals surface area contributed by atoms with E-state index in [1.807, 2.05) is 13.8 Å². The molecule has 2 aromatic rings. The number of rotatable bonds is 6. The van der Waals surface area contributed by atoms with Gasteiger partial charge in [-0.2, -0.15) is 5.10 Å². The molecular weight excluding hydrogens is 373 g/mol. The van der Waals surface area contributed by atoms with Gasteiger partial charge in [0.15, 0.2) is 0 Å². The topological polar surface area (TPSA) is 70.6 Å². The van der Waals surface area contributed by atoms with Crippen molar-refractivity contribution >= 4 is 41.2 Å². The molecule has 5 nitrogen and oxygen atoms in total. The predicted molar refractivity (Wildman–Crippen MR) is 105 cm³/mol. The van der Waals surface area contributed by atoms with Crippen LogP contribution in [0.3, 0.4) is 0 Å². The minimum Gasteiger partial charge on any atom is -0.340 e. The standard InChI is InChI=1S/C19H19Cl2N3O2/c1-12(2)17(23-18(25)14-5-9-16(21)10-6-14)19(26)24-22-11-13-3-7-15(20)8-4-13/h3-12,17H,1-2H3,(H,23,25)(H,24,26)/b22-11+. The van der Waals surface area contributed by atoms with Gasteiger partial charge in [-0.15, -0.1) is 0 Å². The van der Waals surface area contributed by atoms with Crippen LogP contribution >= 0.6 is 23.2 Å². The lowest BCUT2D eigenvalue weighted by atomic mass is 10.0. The predicted octanol–water partition coefficient (Wildman–Crippen LogP) is 3.90. The quantitative estimate of drug-likeness (QED) is 0.578. The van der Waals surface area contributed by atoms with E-state index in [4.69, 9.17) is 23.2 Å². The van der Waals surface area contributed by atoms with Gasteiger partial charge in [0.1, 0.15) is 6.04 Å². The number of nitrogens with one attached hydrogen (secondary N) is 2. The Morgan fingerprint density at radius 3 is 2.04 bits per heavy atom. The minimum atomic E-state index is -0.722. The van der Waals surface area contributed by atoms with E-state index in [9.17, 15) is 9.59 Å². The highest BCUT2D eigenvalue weighted by Crippen LogP contribution is 2.11. The molecule has 1 unspecified atom stereocenters. The highest BCUT2D eigenvalue weighted by atomic mass is 35.5. The number of carbonyl (C=O) groups excluding carboxylic acids is 2. The second-order valence-corrected chi connectivity index (χ2v) is 6.86. The van der Waals surface area contributed by atoms with E-state index in [1.54, 1.807) is 48.5 Å². The Morgan fingerprint density at radius 1 is 0.962 bits per heavy atom. The van der Waals surface area contributed by atoms with E-state index in [0.29, 0.717) is 15.6 Å². The molecule has 0 bridgehead atoms. The third kappa shape index (κ3) is 5.86. The number of halogens is 2. The summed E-state index contributed by atoms with van der Waals surface area (Å²) in [6.45, 7) is 3.69. The molecular formula is C19H19Cl2N3O2. The fourth-order valence-electron chi connectivity index (χ4n) is 2.15. The first-order valence-electron chi connectivity index (χ1n) is 8.01. The van der Waals surface area contributed by atoms with Crippen LogP contribution in [0, 0.1) is 5.92 Å². The maximum absolute atomic E-state index is 12.4. The summed E-state index contributed by atoms with van der Waals surface area (Å²) in [7, 11) is 0. The zero-order chi connectivity index (χ0) is 19.1. The van der Waals surface area contributed by atoms with E-state index in [0.717, 1.165) is 5.56 Å². The normalized spacial score (nSPS) is 12.2. The van der Waals surface area contributed by atoms with Crippen LogP contribution in [-0.4, -0.2) is 24.1 Å². The zero-order valence-corrected chi connectivity index (χ0v) is 15.9. The second-order valence-electron chi connectivity index (χ2n) is 5.99. The lowest BCUT2D eigenvalue weighted by Crippen LogP contribution is -2.48. The lowest BCUT2D eigenvalue weighted by molar-refractivity contribution is -0.123. The summed E-state index contributed by atoms with van der Waals surface area (Å²) in [4.78, 5) is 24.7. The van der Waals surface area contributed by atoms with Gasteiger partial charge in [-0.05, 0) is 47.9 Å². The van der Waals surface area contributed by atoms with Crippen molar-refractivity contribution in [1.82, 2.24) is 10.7 Å². The van der Waals surface area contributed by atoms with Crippen molar-refractivity contribution in [2.75, 3.05) is 0 Å². The summed E-state index contributed by atoms with van der Waals surface area (Å²) in [5.74, 6) is -0.860. The number of amides is 2. The molecule has 0 aliphatic carbocycles. The first kappa shape index (κ1) is 19.9. The highest BCUT2D eigenvalue weighted by Gasteiger charge is 2.24. The average molecular weight is 392 g/mol. The van der Waals surface area contributed by atoms with Crippen molar-refractivity contribution in [3.63, 3.8) is 0 Å². The molecule has 2 amide bonds. The molecule has 0 spiro atoms. The SMILES string of the molecule is CC(C)C(NC(=O)c1ccc(Cl)cc1)C(=O)N/N=C/c1ccc(Cl)cc1.